The molecular formula is C19H20F3N3. The quantitative estimate of drug-likeness (QED) is 0.627. The highest BCUT2D eigenvalue weighted by molar-refractivity contribution is 5.99. The molecule has 0 aromatic heterocycles. The van der Waals surface area contributed by atoms with E-state index in [1.807, 2.05) is 4.90 Å². The lowest BCUT2D eigenvalue weighted by Crippen LogP contribution is -2.30. The molecule has 0 aliphatic carbocycles. The molecule has 3 nitrogen and oxygen atoms in total. The molecular weight excluding hydrogens is 327 g/mol. The fraction of sp³-hybridized carbons (Fsp3) is 0.316. The van der Waals surface area contributed by atoms with Crippen LogP contribution in [0.1, 0.15) is 31.7 Å². The van der Waals surface area contributed by atoms with Crippen molar-refractivity contribution in [3.8, 4) is 0 Å². The molecule has 0 spiro atoms. The fourth-order valence-electron chi connectivity index (χ4n) is 2.93. The van der Waals surface area contributed by atoms with E-state index in [1.165, 1.54) is 18.6 Å². The van der Waals surface area contributed by atoms with Crippen molar-refractivity contribution < 1.29 is 13.2 Å². The second-order valence-corrected chi connectivity index (χ2v) is 6.12. The molecule has 3 rings (SSSR count). The van der Waals surface area contributed by atoms with Gasteiger partial charge >= 0.3 is 0 Å². The maximum atomic E-state index is 14.4. The molecule has 0 bridgehead atoms. The summed E-state index contributed by atoms with van der Waals surface area (Å²) < 4.78 is 41.6. The number of benzene rings is 2. The number of piperidine rings is 1. The molecule has 6 heteroatoms. The predicted octanol–water partition coefficient (Wildman–Crippen LogP) is 4.93. The smallest absolute Gasteiger partial charge is 0.151 e. The highest BCUT2D eigenvalue weighted by Gasteiger charge is 2.15. The van der Waals surface area contributed by atoms with Crippen LogP contribution in [0.4, 0.5) is 24.5 Å². The Morgan fingerprint density at radius 3 is 2.28 bits per heavy atom. The van der Waals surface area contributed by atoms with Gasteiger partial charge in [-0.25, -0.2) is 13.2 Å². The largest absolute Gasteiger partial charge is 0.369 e. The normalized spacial score (nSPS) is 15.4. The summed E-state index contributed by atoms with van der Waals surface area (Å²) in [6.45, 7) is 3.37. The Balaban J connectivity index is 1.78. The first-order valence-corrected chi connectivity index (χ1v) is 8.35. The Morgan fingerprint density at radius 1 is 0.960 bits per heavy atom. The minimum atomic E-state index is -0.733. The summed E-state index contributed by atoms with van der Waals surface area (Å²) in [6.07, 6.45) is 3.32. The SMILES string of the molecule is C/C(=N\Nc1c(F)cccc1F)c1ccc(N2CCCCC2)c(F)c1. The molecule has 1 aliphatic rings. The van der Waals surface area contributed by atoms with Crippen LogP contribution in [0.2, 0.25) is 0 Å². The van der Waals surface area contributed by atoms with Gasteiger partial charge in [0.25, 0.3) is 0 Å². The third-order valence-corrected chi connectivity index (χ3v) is 4.36. The third kappa shape index (κ3) is 3.95. The van der Waals surface area contributed by atoms with Crippen molar-refractivity contribution in [2.24, 2.45) is 5.10 Å². The van der Waals surface area contributed by atoms with Crippen LogP contribution in [0.25, 0.3) is 0 Å². The summed E-state index contributed by atoms with van der Waals surface area (Å²) in [5, 5.41) is 3.98. The first-order valence-electron chi connectivity index (χ1n) is 8.35. The topological polar surface area (TPSA) is 27.6 Å². The number of hydrogen-bond donors (Lipinski definition) is 1. The minimum absolute atomic E-state index is 0.314. The fourth-order valence-corrected chi connectivity index (χ4v) is 2.93. The standard InChI is InChI=1S/C19H20F3N3/c1-13(23-24-19-15(20)6-5-7-16(19)21)14-8-9-18(17(22)12-14)25-10-3-2-4-11-25/h5-9,12,24H,2-4,10-11H2,1H3/b23-13+. The van der Waals surface area contributed by atoms with Gasteiger partial charge in [-0.15, -0.1) is 0 Å². The predicted molar refractivity (Wildman–Crippen MR) is 94.7 cm³/mol. The number of hydrazone groups is 1. The van der Waals surface area contributed by atoms with Crippen molar-refractivity contribution in [3.05, 3.63) is 59.4 Å². The maximum Gasteiger partial charge on any atom is 0.151 e. The van der Waals surface area contributed by atoms with E-state index in [0.717, 1.165) is 38.1 Å². The summed E-state index contributed by atoms with van der Waals surface area (Å²) in [4.78, 5) is 2.04. The van der Waals surface area contributed by atoms with Crippen LogP contribution in [0.5, 0.6) is 0 Å². The molecule has 132 valence electrons. The van der Waals surface area contributed by atoms with Gasteiger partial charge in [0.15, 0.2) is 11.6 Å². The number of halogens is 3. The summed E-state index contributed by atoms with van der Waals surface area (Å²) >= 11 is 0. The molecule has 1 heterocycles. The van der Waals surface area contributed by atoms with Gasteiger partial charge in [0, 0.05) is 18.7 Å². The van der Waals surface area contributed by atoms with Gasteiger partial charge in [0.05, 0.1) is 11.4 Å². The molecule has 0 amide bonds. The van der Waals surface area contributed by atoms with E-state index in [0.29, 0.717) is 17.0 Å². The maximum absolute atomic E-state index is 14.4. The highest BCUT2D eigenvalue weighted by Crippen LogP contribution is 2.24. The zero-order chi connectivity index (χ0) is 17.8. The van der Waals surface area contributed by atoms with Crippen LogP contribution in [0.15, 0.2) is 41.5 Å². The Labute approximate surface area is 145 Å². The lowest BCUT2D eigenvalue weighted by molar-refractivity contribution is 0.557. The zero-order valence-corrected chi connectivity index (χ0v) is 14.0. The second-order valence-electron chi connectivity index (χ2n) is 6.12. The lowest BCUT2D eigenvalue weighted by atomic mass is 10.1. The van der Waals surface area contributed by atoms with Gasteiger partial charge in [0.2, 0.25) is 0 Å². The third-order valence-electron chi connectivity index (χ3n) is 4.36. The molecule has 0 atom stereocenters. The van der Waals surface area contributed by atoms with Gasteiger partial charge in [-0.1, -0.05) is 12.1 Å². The van der Waals surface area contributed by atoms with Crippen molar-refractivity contribution in [1.29, 1.82) is 0 Å². The lowest BCUT2D eigenvalue weighted by Gasteiger charge is -2.29. The van der Waals surface area contributed by atoms with Crippen molar-refractivity contribution in [3.63, 3.8) is 0 Å². The number of rotatable bonds is 4. The van der Waals surface area contributed by atoms with Crippen LogP contribution in [-0.4, -0.2) is 18.8 Å². The van der Waals surface area contributed by atoms with Crippen molar-refractivity contribution in [2.45, 2.75) is 26.2 Å². The summed E-state index contributed by atoms with van der Waals surface area (Å²) in [5.41, 5.74) is 3.64. The van der Waals surface area contributed by atoms with Crippen LogP contribution in [0.3, 0.4) is 0 Å². The van der Waals surface area contributed by atoms with Crippen LogP contribution >= 0.6 is 0 Å². The first kappa shape index (κ1) is 17.3. The molecule has 25 heavy (non-hydrogen) atoms. The molecule has 0 saturated carbocycles. The van der Waals surface area contributed by atoms with E-state index in [-0.39, 0.29) is 11.5 Å². The summed E-state index contributed by atoms with van der Waals surface area (Å²) in [5.74, 6) is -1.78. The molecule has 1 aliphatic heterocycles. The Hall–Kier alpha value is -2.50. The van der Waals surface area contributed by atoms with Crippen LogP contribution in [-0.2, 0) is 0 Å². The van der Waals surface area contributed by atoms with E-state index < -0.39 is 11.6 Å². The van der Waals surface area contributed by atoms with E-state index in [1.54, 1.807) is 19.1 Å². The molecule has 2 aromatic rings. The van der Waals surface area contributed by atoms with Gasteiger partial charge in [0.1, 0.15) is 11.5 Å². The number of nitrogens with zero attached hydrogens (tertiary/aromatic N) is 2. The van der Waals surface area contributed by atoms with Gasteiger partial charge in [-0.2, -0.15) is 5.10 Å². The molecule has 2 aromatic carbocycles. The molecule has 1 saturated heterocycles. The van der Waals surface area contributed by atoms with Gasteiger partial charge < -0.3 is 4.90 Å². The van der Waals surface area contributed by atoms with Crippen LogP contribution < -0.4 is 10.3 Å². The van der Waals surface area contributed by atoms with Crippen molar-refractivity contribution in [2.75, 3.05) is 23.4 Å². The second kappa shape index (κ2) is 7.59. The van der Waals surface area contributed by atoms with E-state index in [9.17, 15) is 13.2 Å². The summed E-state index contributed by atoms with van der Waals surface area (Å²) in [6, 6.07) is 8.47. The number of nitrogens with one attached hydrogen (secondary N) is 1. The van der Waals surface area contributed by atoms with E-state index in [4.69, 9.17) is 0 Å². The number of para-hydroxylation sites is 1. The van der Waals surface area contributed by atoms with Crippen LogP contribution in [0, 0.1) is 17.5 Å². The number of hydrogen-bond acceptors (Lipinski definition) is 3. The first-order chi connectivity index (χ1) is 12.1. The Morgan fingerprint density at radius 2 is 1.64 bits per heavy atom. The average molecular weight is 347 g/mol. The van der Waals surface area contributed by atoms with Gasteiger partial charge in [-0.3, -0.25) is 5.43 Å². The molecule has 1 N–H and O–H groups in total. The van der Waals surface area contributed by atoms with Crippen molar-refractivity contribution in [1.82, 2.24) is 0 Å². The number of anilines is 2. The van der Waals surface area contributed by atoms with Crippen molar-refractivity contribution >= 4 is 17.1 Å². The van der Waals surface area contributed by atoms with E-state index in [2.05, 4.69) is 10.5 Å². The highest BCUT2D eigenvalue weighted by atomic mass is 19.1. The molecule has 0 unspecified atom stereocenters. The average Bonchev–Trinajstić information content (AvgIpc) is 2.61. The minimum Gasteiger partial charge on any atom is -0.369 e. The monoisotopic (exact) mass is 347 g/mol. The molecule has 1 fully saturated rings. The zero-order valence-electron chi connectivity index (χ0n) is 14.0. The Kier molecular flexibility index (Phi) is 5.26. The van der Waals surface area contributed by atoms with Gasteiger partial charge in [-0.05, 0) is 50.5 Å². The van der Waals surface area contributed by atoms with E-state index >= 15 is 0 Å². The summed E-state index contributed by atoms with van der Waals surface area (Å²) in [7, 11) is 0. The molecule has 0 radical (unpaired) electrons. The Bertz CT molecular complexity index is 763.